The molecule has 2 aromatic heterocycles. The summed E-state index contributed by atoms with van der Waals surface area (Å²) in [4.78, 5) is 38.9. The minimum absolute atomic E-state index is 0.197. The second kappa shape index (κ2) is 12.3. The third kappa shape index (κ3) is 6.10. The van der Waals surface area contributed by atoms with Crippen molar-refractivity contribution in [1.82, 2.24) is 19.9 Å². The van der Waals surface area contributed by atoms with Gasteiger partial charge >= 0.3 is 0 Å². The van der Waals surface area contributed by atoms with Gasteiger partial charge in [-0.1, -0.05) is 38.5 Å². The summed E-state index contributed by atoms with van der Waals surface area (Å²) >= 11 is 0. The summed E-state index contributed by atoms with van der Waals surface area (Å²) in [5.41, 5.74) is 11.2. The van der Waals surface area contributed by atoms with E-state index in [0.717, 1.165) is 30.9 Å². The molecule has 9 nitrogen and oxygen atoms in total. The van der Waals surface area contributed by atoms with Crippen molar-refractivity contribution >= 4 is 39.2 Å². The number of anilines is 2. The number of likely N-dealkylation sites (N-methyl/N-ethyl adjacent to an activating group) is 1. The Kier molecular flexibility index (Phi) is 8.35. The normalized spacial score (nSPS) is 11.4. The van der Waals surface area contributed by atoms with Crippen LogP contribution in [0, 0.1) is 6.92 Å². The molecule has 0 aliphatic carbocycles. The number of benzene rings is 3. The number of aromatic nitrogens is 3. The standard InChI is InChI=1S/C32H36N6O3/c1-4-6-15-38(5-2)16-17-41-27-19-22(13-11-20(27)3)34-31(39)21-12-14-24-23(18-21)28(33)29(35-24)30-32(40)37-26-10-8-7-9-25(26)36-30/h7-14,18-19,35H,4-6,15-17,33H2,1-3H3,(H,34,39)(H,37,40). The van der Waals surface area contributed by atoms with Crippen LogP contribution in [-0.2, 0) is 0 Å². The zero-order valence-electron chi connectivity index (χ0n) is 23.7. The summed E-state index contributed by atoms with van der Waals surface area (Å²) in [6, 6.07) is 18.2. The number of nitrogen functional groups attached to an aromatic ring is 1. The Hall–Kier alpha value is -4.63. The maximum Gasteiger partial charge on any atom is 0.276 e. The molecular weight excluding hydrogens is 516 g/mol. The monoisotopic (exact) mass is 552 g/mol. The zero-order chi connectivity index (χ0) is 28.9. The Balaban J connectivity index is 1.33. The topological polar surface area (TPSA) is 129 Å². The second-order valence-corrected chi connectivity index (χ2v) is 10.2. The summed E-state index contributed by atoms with van der Waals surface area (Å²) in [6.07, 6.45) is 2.35. The number of nitrogens with zero attached hydrogens (tertiary/aromatic N) is 2. The number of hydrogen-bond acceptors (Lipinski definition) is 6. The fourth-order valence-electron chi connectivity index (χ4n) is 4.87. The van der Waals surface area contributed by atoms with Gasteiger partial charge in [0.25, 0.3) is 11.5 Å². The highest BCUT2D eigenvalue weighted by Gasteiger charge is 2.18. The van der Waals surface area contributed by atoms with Crippen molar-refractivity contribution in [1.29, 1.82) is 0 Å². The number of rotatable bonds is 11. The largest absolute Gasteiger partial charge is 0.492 e. The summed E-state index contributed by atoms with van der Waals surface area (Å²) in [5.74, 6) is 0.472. The average Bonchev–Trinajstić information content (AvgIpc) is 3.31. The van der Waals surface area contributed by atoms with Gasteiger partial charge in [-0.3, -0.25) is 9.59 Å². The number of carbonyl (C=O) groups excluding carboxylic acids is 1. The first-order valence-electron chi connectivity index (χ1n) is 14.1. The van der Waals surface area contributed by atoms with Crippen LogP contribution in [0.1, 0.15) is 42.6 Å². The molecule has 0 fully saturated rings. The van der Waals surface area contributed by atoms with Crippen LogP contribution in [0.4, 0.5) is 11.4 Å². The van der Waals surface area contributed by atoms with Gasteiger partial charge in [0.1, 0.15) is 12.4 Å². The number of carbonyl (C=O) groups is 1. The Morgan fingerprint density at radius 2 is 1.85 bits per heavy atom. The van der Waals surface area contributed by atoms with E-state index in [1.165, 1.54) is 12.8 Å². The smallest absolute Gasteiger partial charge is 0.276 e. The summed E-state index contributed by atoms with van der Waals surface area (Å²) in [7, 11) is 0. The number of aryl methyl sites for hydroxylation is 1. The molecule has 5 N–H and O–H groups in total. The third-order valence-electron chi connectivity index (χ3n) is 7.32. The molecule has 5 rings (SSSR count). The quantitative estimate of drug-likeness (QED) is 0.166. The SMILES string of the molecule is CCCCN(CC)CCOc1cc(NC(=O)c2ccc3[nH]c(-c4nc5ccccc5[nH]c4=O)c(N)c3c2)ccc1C. The molecule has 0 spiro atoms. The van der Waals surface area contributed by atoms with Crippen molar-refractivity contribution < 1.29 is 9.53 Å². The zero-order valence-corrected chi connectivity index (χ0v) is 23.7. The number of para-hydroxylation sites is 2. The molecule has 3 aromatic carbocycles. The molecule has 212 valence electrons. The highest BCUT2D eigenvalue weighted by molar-refractivity contribution is 6.09. The predicted octanol–water partition coefficient (Wildman–Crippen LogP) is 5.72. The van der Waals surface area contributed by atoms with E-state index in [0.29, 0.717) is 51.2 Å². The van der Waals surface area contributed by atoms with Crippen LogP contribution in [0.5, 0.6) is 5.75 Å². The number of ether oxygens (including phenoxy) is 1. The lowest BCUT2D eigenvalue weighted by molar-refractivity contribution is 0.102. The Morgan fingerprint density at radius 3 is 2.66 bits per heavy atom. The van der Waals surface area contributed by atoms with Crippen LogP contribution in [-0.4, -0.2) is 52.0 Å². The van der Waals surface area contributed by atoms with Crippen LogP contribution in [0.15, 0.2) is 65.5 Å². The van der Waals surface area contributed by atoms with Crippen molar-refractivity contribution in [3.63, 3.8) is 0 Å². The van der Waals surface area contributed by atoms with Gasteiger partial charge in [0.2, 0.25) is 0 Å². The Labute approximate surface area is 238 Å². The van der Waals surface area contributed by atoms with Crippen LogP contribution in [0.3, 0.4) is 0 Å². The third-order valence-corrected chi connectivity index (χ3v) is 7.32. The first-order chi connectivity index (χ1) is 19.9. The number of H-pyrrole nitrogens is 2. The molecule has 0 saturated heterocycles. The molecule has 0 aliphatic heterocycles. The molecule has 0 bridgehead atoms. The van der Waals surface area contributed by atoms with Crippen molar-refractivity contribution in [3.05, 3.63) is 82.1 Å². The lowest BCUT2D eigenvalue weighted by Gasteiger charge is -2.20. The molecule has 5 aromatic rings. The average molecular weight is 553 g/mol. The van der Waals surface area contributed by atoms with Crippen LogP contribution in [0.25, 0.3) is 33.3 Å². The van der Waals surface area contributed by atoms with Gasteiger partial charge in [-0.2, -0.15) is 0 Å². The molecule has 0 unspecified atom stereocenters. The van der Waals surface area contributed by atoms with E-state index in [4.69, 9.17) is 10.5 Å². The number of nitrogens with two attached hydrogens (primary N) is 1. The minimum atomic E-state index is -0.347. The molecule has 1 amide bonds. The van der Waals surface area contributed by atoms with Crippen molar-refractivity contribution in [2.24, 2.45) is 0 Å². The van der Waals surface area contributed by atoms with Gasteiger partial charge in [-0.25, -0.2) is 4.98 Å². The number of amides is 1. The number of nitrogens with one attached hydrogen (secondary N) is 3. The van der Waals surface area contributed by atoms with E-state index in [1.807, 2.05) is 43.3 Å². The first kappa shape index (κ1) is 27.9. The molecule has 0 aliphatic rings. The summed E-state index contributed by atoms with van der Waals surface area (Å²) < 4.78 is 6.08. The van der Waals surface area contributed by atoms with Crippen molar-refractivity contribution in [2.45, 2.75) is 33.6 Å². The maximum absolute atomic E-state index is 13.2. The molecule has 41 heavy (non-hydrogen) atoms. The molecule has 9 heteroatoms. The van der Waals surface area contributed by atoms with Crippen LogP contribution >= 0.6 is 0 Å². The molecule has 0 radical (unpaired) electrons. The van der Waals surface area contributed by atoms with Gasteiger partial charge < -0.3 is 30.7 Å². The number of aromatic amines is 2. The van der Waals surface area contributed by atoms with Crippen molar-refractivity contribution in [2.75, 3.05) is 37.3 Å². The van der Waals surface area contributed by atoms with E-state index >= 15 is 0 Å². The second-order valence-electron chi connectivity index (χ2n) is 10.2. The highest BCUT2D eigenvalue weighted by atomic mass is 16.5. The summed E-state index contributed by atoms with van der Waals surface area (Å²) in [6.45, 7) is 9.84. The predicted molar refractivity (Wildman–Crippen MR) is 166 cm³/mol. The van der Waals surface area contributed by atoms with Gasteiger partial charge in [0.15, 0.2) is 5.69 Å². The number of hydrogen-bond donors (Lipinski definition) is 4. The van der Waals surface area contributed by atoms with Gasteiger partial charge in [0.05, 0.1) is 22.4 Å². The van der Waals surface area contributed by atoms with E-state index < -0.39 is 0 Å². The number of fused-ring (bicyclic) bond motifs is 2. The van der Waals surface area contributed by atoms with Crippen LogP contribution in [0.2, 0.25) is 0 Å². The van der Waals surface area contributed by atoms with E-state index in [9.17, 15) is 9.59 Å². The van der Waals surface area contributed by atoms with Crippen molar-refractivity contribution in [3.8, 4) is 17.1 Å². The first-order valence-corrected chi connectivity index (χ1v) is 14.1. The highest BCUT2D eigenvalue weighted by Crippen LogP contribution is 2.32. The molecule has 0 saturated carbocycles. The van der Waals surface area contributed by atoms with E-state index in [-0.39, 0.29) is 17.2 Å². The maximum atomic E-state index is 13.2. The fourth-order valence-corrected chi connectivity index (χ4v) is 4.87. The molecular formula is C32H36N6O3. The fraction of sp³-hybridized carbons (Fsp3) is 0.281. The lowest BCUT2D eigenvalue weighted by Crippen LogP contribution is -2.29. The minimum Gasteiger partial charge on any atom is -0.492 e. The van der Waals surface area contributed by atoms with Crippen LogP contribution < -0.4 is 21.3 Å². The lowest BCUT2D eigenvalue weighted by atomic mass is 10.1. The molecule has 0 atom stereocenters. The Morgan fingerprint density at radius 1 is 1.02 bits per heavy atom. The summed E-state index contributed by atoms with van der Waals surface area (Å²) in [5, 5.41) is 3.61. The Bertz CT molecular complexity index is 1760. The molecule has 2 heterocycles. The van der Waals surface area contributed by atoms with Gasteiger partial charge in [-0.05, 0) is 68.4 Å². The van der Waals surface area contributed by atoms with Gasteiger partial charge in [0, 0.05) is 34.8 Å². The number of unbranched alkanes of at least 4 members (excludes halogenated alkanes) is 1. The van der Waals surface area contributed by atoms with Gasteiger partial charge in [-0.15, -0.1) is 0 Å². The van der Waals surface area contributed by atoms with E-state index in [2.05, 4.69) is 39.0 Å². The van der Waals surface area contributed by atoms with E-state index in [1.54, 1.807) is 24.3 Å².